The molecule has 0 radical (unpaired) electrons. The lowest BCUT2D eigenvalue weighted by Crippen LogP contribution is -2.38. The number of esters is 1. The van der Waals surface area contributed by atoms with Crippen LogP contribution in [0, 0.1) is 12.7 Å². The first-order valence-electron chi connectivity index (χ1n) is 12.3. The van der Waals surface area contributed by atoms with E-state index in [9.17, 15) is 14.0 Å². The smallest absolute Gasteiger partial charge is 0.350 e. The quantitative estimate of drug-likeness (QED) is 0.279. The molecule has 196 valence electrons. The van der Waals surface area contributed by atoms with E-state index in [1.807, 2.05) is 70.9 Å². The van der Waals surface area contributed by atoms with Crippen LogP contribution >= 0.6 is 11.3 Å². The van der Waals surface area contributed by atoms with E-state index in [-0.39, 0.29) is 6.54 Å². The second-order valence-electron chi connectivity index (χ2n) is 9.11. The first-order chi connectivity index (χ1) is 19.0. The van der Waals surface area contributed by atoms with Crippen LogP contribution in [0.2, 0.25) is 0 Å². The second-order valence-corrected chi connectivity index (χ2v) is 10.0. The third-order valence-electron chi connectivity index (χ3n) is 6.79. The van der Waals surface area contributed by atoms with Gasteiger partial charge in [-0.1, -0.05) is 30.3 Å². The molecule has 8 nitrogen and oxygen atoms in total. The van der Waals surface area contributed by atoms with Crippen molar-refractivity contribution in [1.29, 1.82) is 0 Å². The summed E-state index contributed by atoms with van der Waals surface area (Å²) in [4.78, 5) is 28.2. The number of anilines is 1. The Kier molecular flexibility index (Phi) is 6.24. The summed E-state index contributed by atoms with van der Waals surface area (Å²) in [7, 11) is 1.30. The van der Waals surface area contributed by atoms with E-state index < -0.39 is 23.9 Å². The van der Waals surface area contributed by atoms with Crippen LogP contribution in [0.3, 0.4) is 0 Å². The Balaban J connectivity index is 1.52. The van der Waals surface area contributed by atoms with Crippen molar-refractivity contribution in [2.45, 2.75) is 19.5 Å². The fraction of sp³-hybridized carbons (Fsp3) is 0.138. The molecular weight excluding hydrogens is 517 g/mol. The van der Waals surface area contributed by atoms with Gasteiger partial charge in [0.1, 0.15) is 16.5 Å². The van der Waals surface area contributed by atoms with Gasteiger partial charge in [0.2, 0.25) is 0 Å². The average Bonchev–Trinajstić information content (AvgIpc) is 3.66. The third kappa shape index (κ3) is 4.28. The minimum Gasteiger partial charge on any atom is -0.465 e. The van der Waals surface area contributed by atoms with Gasteiger partial charge in [-0.2, -0.15) is 5.10 Å². The van der Waals surface area contributed by atoms with Crippen molar-refractivity contribution in [1.82, 2.24) is 19.2 Å². The molecule has 1 aliphatic rings. The van der Waals surface area contributed by atoms with Crippen molar-refractivity contribution in [3.63, 3.8) is 0 Å². The third-order valence-corrected chi connectivity index (χ3v) is 7.68. The SMILES string of the molecule is COC(=O)c1sccc1NC(=O)N1Cc2c(C)nn(-c3ccccc3)c2-n2cccc2[C@@H]1c1cccc(F)c1. The van der Waals surface area contributed by atoms with Crippen molar-refractivity contribution in [2.75, 3.05) is 12.4 Å². The predicted octanol–water partition coefficient (Wildman–Crippen LogP) is 6.10. The van der Waals surface area contributed by atoms with E-state index in [0.29, 0.717) is 16.1 Å². The van der Waals surface area contributed by atoms with Crippen LogP contribution in [0.5, 0.6) is 0 Å². The summed E-state index contributed by atoms with van der Waals surface area (Å²) in [6, 6.07) is 20.5. The molecule has 3 aromatic heterocycles. The Hall–Kier alpha value is -4.70. The van der Waals surface area contributed by atoms with Crippen LogP contribution in [0.1, 0.15) is 38.2 Å². The number of methoxy groups -OCH3 is 1. The molecule has 0 saturated heterocycles. The highest BCUT2D eigenvalue weighted by Gasteiger charge is 2.36. The molecule has 5 aromatic rings. The van der Waals surface area contributed by atoms with Gasteiger partial charge in [-0.25, -0.2) is 18.7 Å². The summed E-state index contributed by atoms with van der Waals surface area (Å²) in [6.45, 7) is 2.11. The predicted molar refractivity (Wildman–Crippen MR) is 146 cm³/mol. The minimum absolute atomic E-state index is 0.195. The van der Waals surface area contributed by atoms with Gasteiger partial charge in [-0.05, 0) is 60.3 Å². The zero-order valence-electron chi connectivity index (χ0n) is 21.2. The molecule has 0 unspecified atom stereocenters. The lowest BCUT2D eigenvalue weighted by Gasteiger charge is -2.31. The van der Waals surface area contributed by atoms with Crippen LogP contribution in [-0.2, 0) is 11.3 Å². The molecule has 2 amide bonds. The number of nitrogens with one attached hydrogen (secondary N) is 1. The van der Waals surface area contributed by atoms with E-state index in [0.717, 1.165) is 28.5 Å². The standard InChI is InChI=1S/C29H24FN5O3S/c1-18-22-17-34(29(37)31-23-13-15-39-26(23)28(36)38-2)25(19-8-6-9-20(30)16-19)24-12-7-14-33(24)27(22)35(32-18)21-10-4-3-5-11-21/h3-16,25H,17H2,1-2H3,(H,31,37)/t25-/m0/s1. The molecule has 2 aromatic carbocycles. The van der Waals surface area contributed by atoms with Gasteiger partial charge in [-0.15, -0.1) is 11.3 Å². The van der Waals surface area contributed by atoms with Crippen molar-refractivity contribution < 1.29 is 18.7 Å². The van der Waals surface area contributed by atoms with Crippen LogP contribution < -0.4 is 5.32 Å². The molecule has 0 fully saturated rings. The number of nitrogens with zero attached hydrogens (tertiary/aromatic N) is 4. The van der Waals surface area contributed by atoms with Gasteiger partial charge < -0.3 is 19.5 Å². The number of thiophene rings is 1. The number of carbonyl (C=O) groups excluding carboxylic acids is 2. The molecule has 4 heterocycles. The molecule has 0 aliphatic carbocycles. The first kappa shape index (κ1) is 24.6. The molecule has 0 spiro atoms. The molecule has 10 heteroatoms. The Morgan fingerprint density at radius 1 is 1.08 bits per heavy atom. The van der Waals surface area contributed by atoms with Gasteiger partial charge in [0.25, 0.3) is 0 Å². The van der Waals surface area contributed by atoms with E-state index in [1.54, 1.807) is 22.4 Å². The number of carbonyl (C=O) groups is 2. The molecule has 6 rings (SSSR count). The van der Waals surface area contributed by atoms with Gasteiger partial charge in [0, 0.05) is 11.8 Å². The van der Waals surface area contributed by atoms with Gasteiger partial charge in [0.15, 0.2) is 0 Å². The zero-order valence-corrected chi connectivity index (χ0v) is 22.0. The van der Waals surface area contributed by atoms with Crippen molar-refractivity contribution >= 4 is 29.0 Å². The number of urea groups is 1. The first-order valence-corrected chi connectivity index (χ1v) is 13.1. The fourth-order valence-corrected chi connectivity index (χ4v) is 5.79. The van der Waals surface area contributed by atoms with Crippen LogP contribution in [0.15, 0.2) is 84.4 Å². The van der Waals surface area contributed by atoms with Gasteiger partial charge in [0.05, 0.1) is 42.5 Å². The van der Waals surface area contributed by atoms with Crippen molar-refractivity contribution in [2.24, 2.45) is 0 Å². The summed E-state index contributed by atoms with van der Waals surface area (Å²) in [5.74, 6) is -0.125. The summed E-state index contributed by atoms with van der Waals surface area (Å²) in [6.07, 6.45) is 1.93. The summed E-state index contributed by atoms with van der Waals surface area (Å²) >= 11 is 1.18. The number of hydrogen-bond acceptors (Lipinski definition) is 5. The highest BCUT2D eigenvalue weighted by atomic mass is 32.1. The monoisotopic (exact) mass is 541 g/mol. The minimum atomic E-state index is -0.632. The maximum Gasteiger partial charge on any atom is 0.350 e. The number of amides is 2. The molecule has 1 N–H and O–H groups in total. The lowest BCUT2D eigenvalue weighted by molar-refractivity contribution is 0.0607. The van der Waals surface area contributed by atoms with E-state index in [2.05, 4.69) is 5.32 Å². The Morgan fingerprint density at radius 3 is 2.67 bits per heavy atom. The zero-order chi connectivity index (χ0) is 27.1. The molecule has 1 atom stereocenters. The largest absolute Gasteiger partial charge is 0.465 e. The highest BCUT2D eigenvalue weighted by molar-refractivity contribution is 7.12. The number of para-hydroxylation sites is 1. The molecule has 0 bridgehead atoms. The van der Waals surface area contributed by atoms with Crippen LogP contribution in [0.4, 0.5) is 14.9 Å². The van der Waals surface area contributed by atoms with Gasteiger partial charge >= 0.3 is 12.0 Å². The van der Waals surface area contributed by atoms with E-state index in [4.69, 9.17) is 9.84 Å². The number of rotatable bonds is 4. The maximum absolute atomic E-state index is 14.5. The lowest BCUT2D eigenvalue weighted by atomic mass is 10.0. The van der Waals surface area contributed by atoms with Crippen molar-refractivity contribution in [3.05, 3.63) is 118 Å². The normalized spacial score (nSPS) is 14.3. The number of ether oxygens (including phenoxy) is 1. The van der Waals surface area contributed by atoms with Crippen molar-refractivity contribution in [3.8, 4) is 11.5 Å². The number of halogens is 1. The number of hydrogen-bond donors (Lipinski definition) is 1. The summed E-state index contributed by atoms with van der Waals surface area (Å²) in [5, 5.41) is 9.44. The molecular formula is C29H24FN5O3S. The number of aryl methyl sites for hydroxylation is 1. The summed E-state index contributed by atoms with van der Waals surface area (Å²) in [5.41, 5.74) is 4.23. The molecule has 39 heavy (non-hydrogen) atoms. The molecule has 1 aliphatic heterocycles. The van der Waals surface area contributed by atoms with E-state index >= 15 is 0 Å². The highest BCUT2D eigenvalue weighted by Crippen LogP contribution is 2.39. The Labute approximate surface area is 227 Å². The topological polar surface area (TPSA) is 81.4 Å². The number of benzene rings is 2. The Morgan fingerprint density at radius 2 is 1.90 bits per heavy atom. The average molecular weight is 542 g/mol. The summed E-state index contributed by atoms with van der Waals surface area (Å²) < 4.78 is 23.3. The Bertz CT molecular complexity index is 1690. The maximum atomic E-state index is 14.5. The van der Waals surface area contributed by atoms with Crippen LogP contribution in [0.25, 0.3) is 11.5 Å². The number of fused-ring (bicyclic) bond motifs is 3. The molecule has 0 saturated carbocycles. The van der Waals surface area contributed by atoms with Gasteiger partial charge in [-0.3, -0.25) is 0 Å². The van der Waals surface area contributed by atoms with E-state index in [1.165, 1.54) is 30.6 Å². The second kappa shape index (κ2) is 9.88. The van der Waals surface area contributed by atoms with Crippen LogP contribution in [-0.4, -0.2) is 38.4 Å². The fourth-order valence-electron chi connectivity index (χ4n) is 5.02. The number of aromatic nitrogens is 3.